The lowest BCUT2D eigenvalue weighted by atomic mass is 9.97. The van der Waals surface area contributed by atoms with Gasteiger partial charge in [0.25, 0.3) is 0 Å². The zero-order chi connectivity index (χ0) is 18.2. The highest BCUT2D eigenvalue weighted by Crippen LogP contribution is 2.32. The Labute approximate surface area is 148 Å². The minimum atomic E-state index is -0.446. The normalized spacial score (nSPS) is 13.0. The molecule has 25 heavy (non-hydrogen) atoms. The number of carbonyl (C=O) groups excluding carboxylic acids is 1. The van der Waals surface area contributed by atoms with Crippen molar-refractivity contribution >= 4 is 5.97 Å². The van der Waals surface area contributed by atoms with Gasteiger partial charge in [0.05, 0.1) is 26.9 Å². The number of nitrogens with one attached hydrogen (secondary N) is 1. The molecular weight excluding hydrogens is 318 g/mol. The Kier molecular flexibility index (Phi) is 6.83. The van der Waals surface area contributed by atoms with E-state index in [1.165, 1.54) is 0 Å². The minimum absolute atomic E-state index is 0.180. The number of ether oxygens (including phenoxy) is 3. The molecule has 5 heteroatoms. The molecule has 0 fully saturated rings. The summed E-state index contributed by atoms with van der Waals surface area (Å²) in [5, 5.41) is 3.35. The van der Waals surface area contributed by atoms with Crippen LogP contribution < -0.4 is 14.8 Å². The van der Waals surface area contributed by atoms with E-state index in [1.807, 2.05) is 48.5 Å². The summed E-state index contributed by atoms with van der Waals surface area (Å²) in [6.07, 6.45) is 0. The van der Waals surface area contributed by atoms with Crippen molar-refractivity contribution in [2.24, 2.45) is 0 Å². The van der Waals surface area contributed by atoms with E-state index in [0.29, 0.717) is 18.1 Å². The summed E-state index contributed by atoms with van der Waals surface area (Å²) in [6.45, 7) is 3.96. The van der Waals surface area contributed by atoms with Gasteiger partial charge in [0, 0.05) is 0 Å². The molecule has 2 aromatic rings. The molecule has 2 rings (SSSR count). The average molecular weight is 343 g/mol. The first-order valence-electron chi connectivity index (χ1n) is 8.30. The number of carbonyl (C=O) groups is 1. The first-order chi connectivity index (χ1) is 12.1. The van der Waals surface area contributed by atoms with E-state index in [1.54, 1.807) is 28.1 Å². The molecule has 0 aromatic heterocycles. The van der Waals surface area contributed by atoms with Gasteiger partial charge in [-0.3, -0.25) is 10.1 Å². The number of rotatable bonds is 8. The predicted molar refractivity (Wildman–Crippen MR) is 97.1 cm³/mol. The Morgan fingerprint density at radius 2 is 1.68 bits per heavy atom. The molecule has 0 bridgehead atoms. The monoisotopic (exact) mass is 343 g/mol. The van der Waals surface area contributed by atoms with E-state index in [2.05, 4.69) is 5.32 Å². The Hall–Kier alpha value is -2.53. The van der Waals surface area contributed by atoms with Gasteiger partial charge < -0.3 is 14.2 Å². The molecule has 0 radical (unpaired) electrons. The van der Waals surface area contributed by atoms with E-state index in [-0.39, 0.29) is 12.0 Å². The van der Waals surface area contributed by atoms with Crippen molar-refractivity contribution in [3.05, 3.63) is 59.7 Å². The Bertz CT molecular complexity index is 687. The van der Waals surface area contributed by atoms with Crippen LogP contribution >= 0.6 is 0 Å². The largest absolute Gasteiger partial charge is 0.493 e. The zero-order valence-electron chi connectivity index (χ0n) is 15.1. The standard InChI is InChI=1S/C20H25NO4/c1-5-25-20(22)14(2)21-19(15-9-7-6-8-10-15)16-11-12-17(23-3)18(13-16)24-4/h6-14,19,21H,5H2,1-4H3. The molecule has 0 saturated carbocycles. The van der Waals surface area contributed by atoms with Crippen LogP contribution in [0.3, 0.4) is 0 Å². The lowest BCUT2D eigenvalue weighted by Gasteiger charge is -2.24. The fourth-order valence-electron chi connectivity index (χ4n) is 2.65. The van der Waals surface area contributed by atoms with Gasteiger partial charge >= 0.3 is 5.97 Å². The third kappa shape index (κ3) is 4.73. The number of esters is 1. The van der Waals surface area contributed by atoms with Gasteiger partial charge in [-0.15, -0.1) is 0 Å². The van der Waals surface area contributed by atoms with E-state index in [9.17, 15) is 4.79 Å². The summed E-state index contributed by atoms with van der Waals surface area (Å²) in [7, 11) is 3.21. The summed E-state index contributed by atoms with van der Waals surface area (Å²) in [6, 6.07) is 15.1. The van der Waals surface area contributed by atoms with Crippen molar-refractivity contribution in [1.29, 1.82) is 0 Å². The van der Waals surface area contributed by atoms with Crippen LogP contribution in [0.4, 0.5) is 0 Å². The van der Waals surface area contributed by atoms with Crippen molar-refractivity contribution in [3.8, 4) is 11.5 Å². The van der Waals surface area contributed by atoms with Crippen LogP contribution in [0.2, 0.25) is 0 Å². The fraction of sp³-hybridized carbons (Fsp3) is 0.350. The highest BCUT2D eigenvalue weighted by atomic mass is 16.5. The third-order valence-corrected chi connectivity index (χ3v) is 3.93. The minimum Gasteiger partial charge on any atom is -0.493 e. The Balaban J connectivity index is 2.37. The maximum atomic E-state index is 12.0. The molecule has 0 aliphatic heterocycles. The lowest BCUT2D eigenvalue weighted by Crippen LogP contribution is -2.38. The van der Waals surface area contributed by atoms with Crippen molar-refractivity contribution in [1.82, 2.24) is 5.32 Å². The van der Waals surface area contributed by atoms with Crippen LogP contribution in [0.1, 0.15) is 31.0 Å². The number of methoxy groups -OCH3 is 2. The Morgan fingerprint density at radius 1 is 1.00 bits per heavy atom. The molecule has 0 heterocycles. The quantitative estimate of drug-likeness (QED) is 0.745. The van der Waals surface area contributed by atoms with Crippen molar-refractivity contribution in [2.75, 3.05) is 20.8 Å². The highest BCUT2D eigenvalue weighted by molar-refractivity contribution is 5.75. The summed E-state index contributed by atoms with van der Waals surface area (Å²) in [5.41, 5.74) is 2.02. The van der Waals surface area contributed by atoms with E-state index in [4.69, 9.17) is 14.2 Å². The smallest absolute Gasteiger partial charge is 0.322 e. The second-order valence-electron chi connectivity index (χ2n) is 5.60. The molecule has 1 N–H and O–H groups in total. The van der Waals surface area contributed by atoms with Crippen molar-refractivity contribution in [3.63, 3.8) is 0 Å². The van der Waals surface area contributed by atoms with Crippen LogP contribution in [-0.2, 0) is 9.53 Å². The maximum absolute atomic E-state index is 12.0. The molecule has 2 atom stereocenters. The van der Waals surface area contributed by atoms with E-state index in [0.717, 1.165) is 11.1 Å². The second-order valence-corrected chi connectivity index (χ2v) is 5.60. The van der Waals surface area contributed by atoms with Gasteiger partial charge in [-0.1, -0.05) is 36.4 Å². The first kappa shape index (κ1) is 18.8. The molecule has 2 aromatic carbocycles. The third-order valence-electron chi connectivity index (χ3n) is 3.93. The molecule has 0 aliphatic carbocycles. The number of hydrogen-bond acceptors (Lipinski definition) is 5. The second kappa shape index (κ2) is 9.08. The maximum Gasteiger partial charge on any atom is 0.322 e. The van der Waals surface area contributed by atoms with Crippen LogP contribution in [0.5, 0.6) is 11.5 Å². The summed E-state index contributed by atoms with van der Waals surface area (Å²) in [5.74, 6) is 1.03. The van der Waals surface area contributed by atoms with Crippen LogP contribution in [0.25, 0.3) is 0 Å². The lowest BCUT2D eigenvalue weighted by molar-refractivity contribution is -0.145. The molecule has 0 aliphatic rings. The van der Waals surface area contributed by atoms with Gasteiger partial charge in [0.1, 0.15) is 6.04 Å². The topological polar surface area (TPSA) is 56.8 Å². The average Bonchev–Trinajstić information content (AvgIpc) is 2.66. The van der Waals surface area contributed by atoms with E-state index >= 15 is 0 Å². The van der Waals surface area contributed by atoms with Crippen LogP contribution in [0.15, 0.2) is 48.5 Å². The fourth-order valence-corrected chi connectivity index (χ4v) is 2.65. The Morgan fingerprint density at radius 3 is 2.28 bits per heavy atom. The van der Waals surface area contributed by atoms with Gasteiger partial charge in [0.2, 0.25) is 0 Å². The van der Waals surface area contributed by atoms with Crippen LogP contribution in [0, 0.1) is 0 Å². The van der Waals surface area contributed by atoms with Crippen molar-refractivity contribution < 1.29 is 19.0 Å². The molecule has 0 spiro atoms. The SMILES string of the molecule is CCOC(=O)C(C)NC(c1ccccc1)c1ccc(OC)c(OC)c1. The molecule has 0 amide bonds. The number of hydrogen-bond donors (Lipinski definition) is 1. The van der Waals surface area contributed by atoms with Crippen LogP contribution in [-0.4, -0.2) is 32.8 Å². The van der Waals surface area contributed by atoms with E-state index < -0.39 is 6.04 Å². The summed E-state index contributed by atoms with van der Waals surface area (Å²) in [4.78, 5) is 12.0. The first-order valence-corrected chi connectivity index (χ1v) is 8.30. The zero-order valence-corrected chi connectivity index (χ0v) is 15.1. The predicted octanol–water partition coefficient (Wildman–Crippen LogP) is 3.33. The summed E-state index contributed by atoms with van der Waals surface area (Å²) < 4.78 is 15.8. The van der Waals surface area contributed by atoms with Gasteiger partial charge in [-0.25, -0.2) is 0 Å². The van der Waals surface area contributed by atoms with Gasteiger partial charge in [-0.2, -0.15) is 0 Å². The molecule has 2 unspecified atom stereocenters. The molecule has 0 saturated heterocycles. The van der Waals surface area contributed by atoms with Crippen molar-refractivity contribution in [2.45, 2.75) is 25.9 Å². The molecule has 134 valence electrons. The molecule has 5 nitrogen and oxygen atoms in total. The highest BCUT2D eigenvalue weighted by Gasteiger charge is 2.22. The summed E-state index contributed by atoms with van der Waals surface area (Å²) >= 11 is 0. The van der Waals surface area contributed by atoms with Gasteiger partial charge in [-0.05, 0) is 37.1 Å². The van der Waals surface area contributed by atoms with Gasteiger partial charge in [0.15, 0.2) is 11.5 Å². The molecular formula is C20H25NO4. The number of benzene rings is 2.